The third-order valence-electron chi connectivity index (χ3n) is 5.13. The van der Waals surface area contributed by atoms with Crippen LogP contribution in [0.5, 0.6) is 0 Å². The lowest BCUT2D eigenvalue weighted by Crippen LogP contribution is -2.26. The number of hydrogen-bond acceptors (Lipinski definition) is 2. The van der Waals surface area contributed by atoms with E-state index in [1.54, 1.807) is 0 Å². The molecule has 2 aromatic rings. The predicted octanol–water partition coefficient (Wildman–Crippen LogP) is 4.06. The summed E-state index contributed by atoms with van der Waals surface area (Å²) < 4.78 is 29.8. The molecule has 0 radical (unpaired) electrons. The number of hydrogen-bond donors (Lipinski definition) is 1. The summed E-state index contributed by atoms with van der Waals surface area (Å²) in [4.78, 5) is 12.2. The van der Waals surface area contributed by atoms with Crippen molar-refractivity contribution < 1.29 is 13.6 Å². The summed E-state index contributed by atoms with van der Waals surface area (Å²) in [7, 11) is 0. The average molecular weight is 331 g/mol. The maximum atomic E-state index is 14.3. The number of nitrogens with zero attached hydrogens (tertiary/aromatic N) is 2. The van der Waals surface area contributed by atoms with Gasteiger partial charge in [-0.3, -0.25) is 4.79 Å². The van der Waals surface area contributed by atoms with Gasteiger partial charge in [0.25, 0.3) is 0 Å². The molecule has 2 aliphatic rings. The number of nitrogens with one attached hydrogen (secondary N) is 1. The van der Waals surface area contributed by atoms with Crippen LogP contribution in [0, 0.1) is 18.6 Å². The number of rotatable bonds is 2. The van der Waals surface area contributed by atoms with Gasteiger partial charge in [-0.1, -0.05) is 12.8 Å². The molecule has 1 aromatic heterocycles. The molecule has 1 amide bonds. The van der Waals surface area contributed by atoms with Crippen molar-refractivity contribution in [3.63, 3.8) is 0 Å². The first-order valence-electron chi connectivity index (χ1n) is 8.38. The van der Waals surface area contributed by atoms with Gasteiger partial charge in [-0.05, 0) is 43.5 Å². The largest absolute Gasteiger partial charge is 0.311 e. The Morgan fingerprint density at radius 3 is 2.75 bits per heavy atom. The van der Waals surface area contributed by atoms with Gasteiger partial charge in [-0.25, -0.2) is 13.5 Å². The number of halogens is 2. The molecule has 0 bridgehead atoms. The Kier molecular flexibility index (Phi) is 3.62. The fourth-order valence-electron chi connectivity index (χ4n) is 4.03. The Bertz CT molecular complexity index is 809. The van der Waals surface area contributed by atoms with E-state index < -0.39 is 17.6 Å². The Balaban J connectivity index is 1.85. The fraction of sp³-hybridized carbons (Fsp3) is 0.444. The molecule has 126 valence electrons. The summed E-state index contributed by atoms with van der Waals surface area (Å²) in [5.74, 6) is -1.02. The molecule has 1 unspecified atom stereocenters. The Hall–Kier alpha value is -2.24. The van der Waals surface area contributed by atoms with E-state index in [4.69, 9.17) is 0 Å². The van der Waals surface area contributed by atoms with Crippen molar-refractivity contribution in [2.75, 3.05) is 5.32 Å². The third kappa shape index (κ3) is 2.41. The molecule has 1 aromatic carbocycles. The molecule has 2 heterocycles. The van der Waals surface area contributed by atoms with Crippen molar-refractivity contribution in [1.82, 2.24) is 9.78 Å². The summed E-state index contributed by atoms with van der Waals surface area (Å²) in [6, 6.07) is 3.67. The average Bonchev–Trinajstić information content (AvgIpc) is 3.17. The van der Waals surface area contributed by atoms with Gasteiger partial charge in [0.2, 0.25) is 5.91 Å². The van der Waals surface area contributed by atoms with E-state index in [-0.39, 0.29) is 23.9 Å². The van der Waals surface area contributed by atoms with Crippen molar-refractivity contribution in [1.29, 1.82) is 0 Å². The summed E-state index contributed by atoms with van der Waals surface area (Å²) in [5.41, 5.74) is 1.80. The quantitative estimate of drug-likeness (QED) is 0.902. The van der Waals surface area contributed by atoms with E-state index in [9.17, 15) is 13.6 Å². The zero-order valence-corrected chi connectivity index (χ0v) is 13.5. The number of carbonyl (C=O) groups is 1. The van der Waals surface area contributed by atoms with E-state index in [1.807, 2.05) is 11.6 Å². The molecule has 1 atom stereocenters. The Morgan fingerprint density at radius 1 is 1.25 bits per heavy atom. The third-order valence-corrected chi connectivity index (χ3v) is 5.13. The topological polar surface area (TPSA) is 46.9 Å². The standard InChI is InChI=1S/C18H19F2N3O/c1-10-17-14(13-8-11(19)6-7-15(13)20)9-16(24)21-18(17)23(22-10)12-4-2-3-5-12/h6-8,12,14H,2-5,9H2,1H3,(H,21,24). The minimum Gasteiger partial charge on any atom is -0.311 e. The Morgan fingerprint density at radius 2 is 2.00 bits per heavy atom. The highest BCUT2D eigenvalue weighted by molar-refractivity contribution is 5.94. The van der Waals surface area contributed by atoms with Gasteiger partial charge in [0, 0.05) is 17.9 Å². The molecule has 4 nitrogen and oxygen atoms in total. The highest BCUT2D eigenvalue weighted by Gasteiger charge is 2.35. The van der Waals surface area contributed by atoms with E-state index in [1.165, 1.54) is 6.07 Å². The summed E-state index contributed by atoms with van der Waals surface area (Å²) in [6.45, 7) is 1.87. The van der Waals surface area contributed by atoms with Crippen LogP contribution in [0.1, 0.15) is 60.9 Å². The first-order chi connectivity index (χ1) is 11.5. The number of aryl methyl sites for hydroxylation is 1. The maximum Gasteiger partial charge on any atom is 0.226 e. The van der Waals surface area contributed by atoms with Crippen molar-refractivity contribution >= 4 is 11.7 Å². The van der Waals surface area contributed by atoms with Crippen LogP contribution >= 0.6 is 0 Å². The van der Waals surface area contributed by atoms with Crippen molar-refractivity contribution in [3.8, 4) is 0 Å². The highest BCUT2D eigenvalue weighted by Crippen LogP contribution is 2.43. The highest BCUT2D eigenvalue weighted by atomic mass is 19.1. The zero-order chi connectivity index (χ0) is 16.8. The van der Waals surface area contributed by atoms with Gasteiger partial charge in [0.15, 0.2) is 0 Å². The maximum absolute atomic E-state index is 14.3. The number of carbonyl (C=O) groups excluding carboxylic acids is 1. The molecular weight excluding hydrogens is 312 g/mol. The smallest absolute Gasteiger partial charge is 0.226 e. The fourth-order valence-corrected chi connectivity index (χ4v) is 4.03. The molecule has 1 aliphatic heterocycles. The molecule has 1 saturated carbocycles. The summed E-state index contributed by atoms with van der Waals surface area (Å²) >= 11 is 0. The lowest BCUT2D eigenvalue weighted by molar-refractivity contribution is -0.116. The van der Waals surface area contributed by atoms with E-state index >= 15 is 0 Å². The number of fused-ring (bicyclic) bond motifs is 1. The molecule has 4 rings (SSSR count). The van der Waals surface area contributed by atoms with Gasteiger partial charge >= 0.3 is 0 Å². The number of amides is 1. The van der Waals surface area contributed by atoms with Crippen molar-refractivity contribution in [2.45, 2.75) is 51.0 Å². The van der Waals surface area contributed by atoms with Crippen LogP contribution in [0.15, 0.2) is 18.2 Å². The van der Waals surface area contributed by atoms with Crippen LogP contribution in [0.3, 0.4) is 0 Å². The van der Waals surface area contributed by atoms with Gasteiger partial charge in [-0.2, -0.15) is 5.10 Å². The summed E-state index contributed by atoms with van der Waals surface area (Å²) in [6.07, 6.45) is 4.46. The lowest BCUT2D eigenvalue weighted by Gasteiger charge is -2.26. The van der Waals surface area contributed by atoms with Crippen LogP contribution in [0.2, 0.25) is 0 Å². The monoisotopic (exact) mass is 331 g/mol. The number of benzene rings is 1. The molecule has 0 spiro atoms. The normalized spacial score (nSPS) is 21.0. The van der Waals surface area contributed by atoms with Crippen molar-refractivity contribution in [2.24, 2.45) is 0 Å². The van der Waals surface area contributed by atoms with Gasteiger partial charge in [-0.15, -0.1) is 0 Å². The van der Waals surface area contributed by atoms with Crippen LogP contribution < -0.4 is 5.32 Å². The van der Waals surface area contributed by atoms with Crippen molar-refractivity contribution in [3.05, 3.63) is 46.7 Å². The minimum atomic E-state index is -0.500. The summed E-state index contributed by atoms with van der Waals surface area (Å²) in [5, 5.41) is 7.53. The zero-order valence-electron chi connectivity index (χ0n) is 13.5. The predicted molar refractivity (Wildman–Crippen MR) is 85.9 cm³/mol. The first kappa shape index (κ1) is 15.3. The second-order valence-electron chi connectivity index (χ2n) is 6.70. The van der Waals surface area contributed by atoms with Gasteiger partial charge in [0.1, 0.15) is 17.5 Å². The molecule has 6 heteroatoms. The van der Waals surface area contributed by atoms with E-state index in [2.05, 4.69) is 10.4 Å². The Labute approximate surface area is 138 Å². The number of anilines is 1. The van der Waals surface area contributed by atoms with Gasteiger partial charge in [0.05, 0.1) is 11.7 Å². The first-order valence-corrected chi connectivity index (χ1v) is 8.38. The molecule has 24 heavy (non-hydrogen) atoms. The minimum absolute atomic E-state index is 0.102. The van der Waals surface area contributed by atoms with E-state index in [0.29, 0.717) is 5.82 Å². The van der Waals surface area contributed by atoms with Crippen LogP contribution in [0.4, 0.5) is 14.6 Å². The molecule has 0 saturated heterocycles. The molecule has 1 N–H and O–H groups in total. The molecule has 1 aliphatic carbocycles. The molecule has 1 fully saturated rings. The van der Waals surface area contributed by atoms with E-state index in [0.717, 1.165) is 49.1 Å². The molecular formula is C18H19F2N3O. The second-order valence-corrected chi connectivity index (χ2v) is 6.70. The second kappa shape index (κ2) is 5.69. The SMILES string of the molecule is Cc1nn(C2CCCC2)c2c1C(c1cc(F)ccc1F)CC(=O)N2. The van der Waals surface area contributed by atoms with Crippen LogP contribution in [-0.2, 0) is 4.79 Å². The van der Waals surface area contributed by atoms with Crippen LogP contribution in [-0.4, -0.2) is 15.7 Å². The van der Waals surface area contributed by atoms with Crippen LogP contribution in [0.25, 0.3) is 0 Å². The number of aromatic nitrogens is 2. The lowest BCUT2D eigenvalue weighted by atomic mass is 9.85. The van der Waals surface area contributed by atoms with Gasteiger partial charge < -0.3 is 5.32 Å².